The molecule has 1 aliphatic rings. The molecular formula is C18H25F3N2O3S. The van der Waals surface area contributed by atoms with Gasteiger partial charge in [-0.05, 0) is 49.9 Å². The normalized spacial score (nSPS) is 19.3. The van der Waals surface area contributed by atoms with E-state index >= 15 is 0 Å². The third-order valence-corrected chi connectivity index (χ3v) is 6.80. The average Bonchev–Trinajstić information content (AvgIpc) is 2.65. The van der Waals surface area contributed by atoms with Crippen LogP contribution in [0.25, 0.3) is 0 Å². The van der Waals surface area contributed by atoms with Crippen LogP contribution in [0.3, 0.4) is 0 Å². The number of hydrogen-bond donors (Lipinski definition) is 1. The Labute approximate surface area is 158 Å². The molecule has 1 amide bonds. The van der Waals surface area contributed by atoms with Gasteiger partial charge in [0, 0.05) is 12.6 Å². The molecule has 1 aliphatic heterocycles. The number of halogens is 3. The molecule has 0 spiro atoms. The van der Waals surface area contributed by atoms with Gasteiger partial charge in [-0.15, -0.1) is 0 Å². The van der Waals surface area contributed by atoms with E-state index in [9.17, 15) is 26.4 Å². The fourth-order valence-electron chi connectivity index (χ4n) is 3.20. The smallest absolute Gasteiger partial charge is 0.352 e. The van der Waals surface area contributed by atoms with E-state index in [1.165, 1.54) is 0 Å². The van der Waals surface area contributed by atoms with Crippen LogP contribution in [0, 0.1) is 0 Å². The second-order valence-corrected chi connectivity index (χ2v) is 8.56. The lowest BCUT2D eigenvalue weighted by Gasteiger charge is -2.34. The quantitative estimate of drug-likeness (QED) is 0.786. The standard InChI is InChI=1S/C18H25F3N2O3S/c1-3-14(4-2)22-17(24)16-7-5-6-12-23(16)27(25,26)15-10-8-13(9-11-15)18(19,20)21/h8-11,14,16H,3-7,12H2,1-2H3,(H,22,24). The maximum Gasteiger partial charge on any atom is 0.416 e. The summed E-state index contributed by atoms with van der Waals surface area (Å²) in [4.78, 5) is 12.4. The highest BCUT2D eigenvalue weighted by Gasteiger charge is 2.38. The lowest BCUT2D eigenvalue weighted by atomic mass is 10.0. The first kappa shape index (κ1) is 21.7. The minimum atomic E-state index is -4.54. The van der Waals surface area contributed by atoms with E-state index < -0.39 is 27.8 Å². The van der Waals surface area contributed by atoms with Gasteiger partial charge in [-0.2, -0.15) is 17.5 Å². The minimum Gasteiger partial charge on any atom is -0.352 e. The summed E-state index contributed by atoms with van der Waals surface area (Å²) in [5.41, 5.74) is -0.914. The molecular weight excluding hydrogens is 381 g/mol. The van der Waals surface area contributed by atoms with Crippen LogP contribution in [-0.2, 0) is 21.0 Å². The summed E-state index contributed by atoms with van der Waals surface area (Å²) < 4.78 is 65.2. The van der Waals surface area contributed by atoms with Crippen molar-refractivity contribution in [3.8, 4) is 0 Å². The van der Waals surface area contributed by atoms with Crippen LogP contribution in [0.1, 0.15) is 51.5 Å². The van der Waals surface area contributed by atoms with E-state index in [0.29, 0.717) is 12.8 Å². The number of sulfonamides is 1. The second kappa shape index (κ2) is 8.60. The van der Waals surface area contributed by atoms with Crippen LogP contribution in [0.15, 0.2) is 29.2 Å². The predicted molar refractivity (Wildman–Crippen MR) is 95.5 cm³/mol. The summed E-state index contributed by atoms with van der Waals surface area (Å²) in [6.45, 7) is 4.04. The first-order valence-electron chi connectivity index (χ1n) is 9.10. The van der Waals surface area contributed by atoms with Gasteiger partial charge in [-0.25, -0.2) is 8.42 Å². The molecule has 0 saturated carbocycles. The molecule has 1 aromatic rings. The maximum absolute atomic E-state index is 13.0. The molecule has 5 nitrogen and oxygen atoms in total. The van der Waals surface area contributed by atoms with Crippen LogP contribution >= 0.6 is 0 Å². The molecule has 1 unspecified atom stereocenters. The molecule has 1 N–H and O–H groups in total. The largest absolute Gasteiger partial charge is 0.416 e. The summed E-state index contributed by atoms with van der Waals surface area (Å²) >= 11 is 0. The van der Waals surface area contributed by atoms with E-state index in [1.807, 2.05) is 13.8 Å². The van der Waals surface area contributed by atoms with Crippen LogP contribution in [0.5, 0.6) is 0 Å². The highest BCUT2D eigenvalue weighted by atomic mass is 32.2. The van der Waals surface area contributed by atoms with Gasteiger partial charge in [0.1, 0.15) is 6.04 Å². The van der Waals surface area contributed by atoms with Crippen molar-refractivity contribution in [3.63, 3.8) is 0 Å². The molecule has 1 fully saturated rings. The molecule has 1 atom stereocenters. The van der Waals surface area contributed by atoms with Gasteiger partial charge in [0.25, 0.3) is 0 Å². The Morgan fingerprint density at radius 3 is 2.30 bits per heavy atom. The number of alkyl halides is 3. The van der Waals surface area contributed by atoms with Crippen molar-refractivity contribution in [2.24, 2.45) is 0 Å². The van der Waals surface area contributed by atoms with Crippen LogP contribution in [0.2, 0.25) is 0 Å². The van der Waals surface area contributed by atoms with Crippen molar-refractivity contribution in [1.29, 1.82) is 0 Å². The van der Waals surface area contributed by atoms with Crippen molar-refractivity contribution >= 4 is 15.9 Å². The van der Waals surface area contributed by atoms with Gasteiger partial charge in [0.15, 0.2) is 0 Å². The number of nitrogens with zero attached hydrogens (tertiary/aromatic N) is 1. The number of carbonyl (C=O) groups excluding carboxylic acids is 1. The van der Waals surface area contributed by atoms with E-state index in [1.54, 1.807) is 0 Å². The number of benzene rings is 1. The Hall–Kier alpha value is -1.61. The number of hydrogen-bond acceptors (Lipinski definition) is 3. The Kier molecular flexibility index (Phi) is 6.91. The third-order valence-electron chi connectivity index (χ3n) is 4.88. The molecule has 0 aromatic heterocycles. The molecule has 0 bridgehead atoms. The summed E-state index contributed by atoms with van der Waals surface area (Å²) in [5, 5.41) is 2.87. The predicted octanol–water partition coefficient (Wildman–Crippen LogP) is 3.55. The maximum atomic E-state index is 13.0. The Morgan fingerprint density at radius 2 is 1.78 bits per heavy atom. The minimum absolute atomic E-state index is 0.0324. The van der Waals surface area contributed by atoms with E-state index in [4.69, 9.17) is 0 Å². The highest BCUT2D eigenvalue weighted by molar-refractivity contribution is 7.89. The van der Waals surface area contributed by atoms with Crippen molar-refractivity contribution < 1.29 is 26.4 Å². The van der Waals surface area contributed by atoms with Gasteiger partial charge in [-0.3, -0.25) is 4.79 Å². The topological polar surface area (TPSA) is 66.5 Å². The lowest BCUT2D eigenvalue weighted by Crippen LogP contribution is -2.53. The first-order chi connectivity index (χ1) is 12.6. The molecule has 152 valence electrons. The Balaban J connectivity index is 2.27. The number of nitrogens with one attached hydrogen (secondary N) is 1. The Bertz CT molecular complexity index is 744. The van der Waals surface area contributed by atoms with Gasteiger partial charge in [0.2, 0.25) is 15.9 Å². The van der Waals surface area contributed by atoms with Crippen LogP contribution < -0.4 is 5.32 Å². The van der Waals surface area contributed by atoms with E-state index in [2.05, 4.69) is 5.32 Å². The van der Waals surface area contributed by atoms with Crippen LogP contribution in [-0.4, -0.2) is 37.3 Å². The number of amides is 1. The average molecular weight is 406 g/mol. The lowest BCUT2D eigenvalue weighted by molar-refractivity contribution is -0.137. The molecule has 1 saturated heterocycles. The zero-order chi connectivity index (χ0) is 20.2. The van der Waals surface area contributed by atoms with Gasteiger partial charge in [-0.1, -0.05) is 20.3 Å². The van der Waals surface area contributed by atoms with Gasteiger partial charge >= 0.3 is 6.18 Å². The molecule has 1 heterocycles. The molecule has 9 heteroatoms. The number of piperidine rings is 1. The van der Waals surface area contributed by atoms with Crippen LogP contribution in [0.4, 0.5) is 13.2 Å². The monoisotopic (exact) mass is 406 g/mol. The van der Waals surface area contributed by atoms with Crippen molar-refractivity contribution in [3.05, 3.63) is 29.8 Å². The summed E-state index contributed by atoms with van der Waals surface area (Å²) in [5.74, 6) is -0.348. The molecule has 0 radical (unpaired) electrons. The zero-order valence-electron chi connectivity index (χ0n) is 15.4. The summed E-state index contributed by atoms with van der Waals surface area (Å²) in [6.07, 6.45) is -1.34. The Morgan fingerprint density at radius 1 is 1.19 bits per heavy atom. The third kappa shape index (κ3) is 5.01. The molecule has 27 heavy (non-hydrogen) atoms. The highest BCUT2D eigenvalue weighted by Crippen LogP contribution is 2.31. The molecule has 2 rings (SSSR count). The van der Waals surface area contributed by atoms with E-state index in [0.717, 1.165) is 47.8 Å². The zero-order valence-corrected chi connectivity index (χ0v) is 16.2. The van der Waals surface area contributed by atoms with E-state index in [-0.39, 0.29) is 23.4 Å². The summed E-state index contributed by atoms with van der Waals surface area (Å²) in [6, 6.07) is 2.51. The van der Waals surface area contributed by atoms with Crippen molar-refractivity contribution in [1.82, 2.24) is 9.62 Å². The van der Waals surface area contributed by atoms with Crippen molar-refractivity contribution in [2.45, 2.75) is 69.1 Å². The molecule has 1 aromatic carbocycles. The summed E-state index contributed by atoms with van der Waals surface area (Å²) in [7, 11) is -4.06. The van der Waals surface area contributed by atoms with Gasteiger partial charge in [0.05, 0.1) is 10.5 Å². The van der Waals surface area contributed by atoms with Gasteiger partial charge < -0.3 is 5.32 Å². The molecule has 0 aliphatic carbocycles. The fraction of sp³-hybridized carbons (Fsp3) is 0.611. The fourth-order valence-corrected chi connectivity index (χ4v) is 4.85. The van der Waals surface area contributed by atoms with Crippen molar-refractivity contribution in [2.75, 3.05) is 6.54 Å². The first-order valence-corrected chi connectivity index (χ1v) is 10.5. The number of rotatable bonds is 6. The second-order valence-electron chi connectivity index (χ2n) is 6.67. The number of carbonyl (C=O) groups is 1. The SMILES string of the molecule is CCC(CC)NC(=O)C1CCCCN1S(=O)(=O)c1ccc(C(F)(F)F)cc1.